The Morgan fingerprint density at radius 3 is 1.83 bits per heavy atom. The zero-order valence-corrected chi connectivity index (χ0v) is 26.6. The first-order valence-corrected chi connectivity index (χ1v) is 16.0. The summed E-state index contributed by atoms with van der Waals surface area (Å²) in [5.74, 6) is -3.04. The van der Waals surface area contributed by atoms with Crippen molar-refractivity contribution in [3.63, 3.8) is 0 Å². The number of carbonyl (C=O) groups is 4. The number of hydrogen-bond donors (Lipinski definition) is 3. The Morgan fingerprint density at radius 1 is 0.913 bits per heavy atom. The van der Waals surface area contributed by atoms with Crippen molar-refractivity contribution in [1.82, 2.24) is 10.2 Å². The van der Waals surface area contributed by atoms with Gasteiger partial charge in [0.15, 0.2) is 0 Å². The summed E-state index contributed by atoms with van der Waals surface area (Å²) in [6, 6.07) is 1.35. The normalized spacial score (nSPS) is 34.3. The SMILES string of the molecule is CCOC(=O)C(F)(F)F.CCOC(=O)C12CCC(NCC(=O)N3C[C@@H](F)C[C@H]3C#N)(CC1)CC2.NC12CCC(C(=O)O)(CC1)CC2. The lowest BCUT2D eigenvalue weighted by Crippen LogP contribution is -2.58. The second kappa shape index (κ2) is 14.8. The fraction of sp³-hybridized carbons (Fsp3) is 0.839. The number of nitriles is 1. The van der Waals surface area contributed by atoms with Crippen molar-refractivity contribution >= 4 is 23.8 Å². The molecule has 7 aliphatic rings. The summed E-state index contributed by atoms with van der Waals surface area (Å²) in [6.07, 6.45) is 4.09. The van der Waals surface area contributed by atoms with Crippen molar-refractivity contribution in [3.8, 4) is 6.07 Å². The number of carboxylic acids is 1. The van der Waals surface area contributed by atoms with E-state index in [0.717, 1.165) is 77.0 Å². The smallest absolute Gasteiger partial charge is 0.481 e. The molecule has 4 N–H and O–H groups in total. The first-order chi connectivity index (χ1) is 21.5. The Hall–Kier alpha value is -2.99. The number of nitrogens with two attached hydrogens (primary N) is 1. The fourth-order valence-corrected chi connectivity index (χ4v) is 7.34. The topological polar surface area (TPSA) is 172 Å². The van der Waals surface area contributed by atoms with E-state index in [1.165, 1.54) is 11.8 Å². The molecular formula is C31H46F4N4O7. The number of rotatable bonds is 7. The van der Waals surface area contributed by atoms with E-state index in [4.69, 9.17) is 20.8 Å². The lowest BCUT2D eigenvalue weighted by Gasteiger charge is -2.52. The monoisotopic (exact) mass is 662 g/mol. The van der Waals surface area contributed by atoms with Gasteiger partial charge >= 0.3 is 24.1 Å². The molecule has 0 spiro atoms. The van der Waals surface area contributed by atoms with Crippen LogP contribution in [0.4, 0.5) is 17.6 Å². The highest BCUT2D eigenvalue weighted by molar-refractivity contribution is 5.80. The molecule has 11 nitrogen and oxygen atoms in total. The predicted octanol–water partition coefficient (Wildman–Crippen LogP) is 3.93. The Bertz CT molecular complexity index is 1130. The molecule has 0 radical (unpaired) electrons. The molecule has 0 aromatic carbocycles. The van der Waals surface area contributed by atoms with Crippen LogP contribution in [-0.4, -0.2) is 89.6 Å². The molecule has 6 saturated carbocycles. The molecule has 7 rings (SSSR count). The average molecular weight is 663 g/mol. The first-order valence-electron chi connectivity index (χ1n) is 16.0. The number of hydrogen-bond acceptors (Lipinski definition) is 9. The van der Waals surface area contributed by atoms with Crippen LogP contribution in [0.25, 0.3) is 0 Å². The Morgan fingerprint density at radius 2 is 1.41 bits per heavy atom. The van der Waals surface area contributed by atoms with E-state index >= 15 is 0 Å². The number of carbonyl (C=O) groups excluding carboxylic acids is 3. The molecule has 1 amide bonds. The zero-order valence-electron chi connectivity index (χ0n) is 26.6. The van der Waals surface area contributed by atoms with Gasteiger partial charge in [-0.1, -0.05) is 0 Å². The number of esters is 2. The maximum absolute atomic E-state index is 13.5. The third kappa shape index (κ3) is 8.67. The Labute approximate surface area is 266 Å². The summed E-state index contributed by atoms with van der Waals surface area (Å²) in [7, 11) is 0. The van der Waals surface area contributed by atoms with Crippen LogP contribution in [-0.2, 0) is 28.7 Å². The number of nitrogens with one attached hydrogen (secondary N) is 1. The van der Waals surface area contributed by atoms with Crippen LogP contribution >= 0.6 is 0 Å². The minimum atomic E-state index is -4.85. The lowest BCUT2D eigenvalue weighted by atomic mass is 9.57. The minimum absolute atomic E-state index is 0.0116. The van der Waals surface area contributed by atoms with Gasteiger partial charge in [-0.2, -0.15) is 18.4 Å². The number of amides is 1. The molecule has 0 aromatic heterocycles. The van der Waals surface area contributed by atoms with Gasteiger partial charge in [-0.15, -0.1) is 0 Å². The second-order valence-electron chi connectivity index (χ2n) is 13.3. The van der Waals surface area contributed by atoms with Crippen molar-refractivity contribution < 1.29 is 51.3 Å². The number of aliphatic carboxylic acids is 1. The van der Waals surface area contributed by atoms with Gasteiger partial charge in [-0.3, -0.25) is 14.4 Å². The largest absolute Gasteiger partial charge is 0.490 e. The van der Waals surface area contributed by atoms with Crippen LogP contribution in [0.3, 0.4) is 0 Å². The Kier molecular flexibility index (Phi) is 12.1. The molecule has 0 unspecified atom stereocenters. The molecule has 7 fully saturated rings. The quantitative estimate of drug-likeness (QED) is 0.268. The van der Waals surface area contributed by atoms with E-state index in [1.54, 1.807) is 0 Å². The van der Waals surface area contributed by atoms with Crippen LogP contribution in [0.2, 0.25) is 0 Å². The van der Waals surface area contributed by atoms with Crippen molar-refractivity contribution in [3.05, 3.63) is 0 Å². The summed E-state index contributed by atoms with van der Waals surface area (Å²) in [4.78, 5) is 46.7. The van der Waals surface area contributed by atoms with Gasteiger partial charge in [-0.25, -0.2) is 9.18 Å². The van der Waals surface area contributed by atoms with Crippen molar-refractivity contribution in [2.24, 2.45) is 16.6 Å². The van der Waals surface area contributed by atoms with Crippen molar-refractivity contribution in [1.29, 1.82) is 5.26 Å². The standard InChI is InChI=1S/C18H26FN3O3.C9H15NO2.C4H5F3O2/c1-2-25-16(24)17-3-6-18(7-4-17,8-5-17)21-11-15(23)22-12-13(19)9-14(22)10-20;10-9-4-1-8(2-5-9,3-6-9)7(11)12;1-2-9-3(8)4(5,6)7/h13-14,21H,2-9,11-12H2,1H3;1-6,10H2,(H,11,12);2H2,1H3/t13-,14-,17?,18?;;/m0../s1. The number of fused-ring (bicyclic) bond motifs is 6. The number of ether oxygens (including phenoxy) is 2. The van der Waals surface area contributed by atoms with Crippen LogP contribution in [0.1, 0.15) is 97.3 Å². The van der Waals surface area contributed by atoms with Gasteiger partial charge in [0.1, 0.15) is 12.2 Å². The highest BCUT2D eigenvalue weighted by Crippen LogP contribution is 2.53. The molecule has 1 aliphatic heterocycles. The summed E-state index contributed by atoms with van der Waals surface area (Å²) < 4.78 is 55.9. The number of halogens is 4. The molecule has 6 aliphatic carbocycles. The maximum atomic E-state index is 13.5. The highest BCUT2D eigenvalue weighted by atomic mass is 19.4. The molecule has 1 heterocycles. The lowest BCUT2D eigenvalue weighted by molar-refractivity contribution is -0.199. The molecule has 46 heavy (non-hydrogen) atoms. The maximum Gasteiger partial charge on any atom is 0.490 e. The number of nitrogens with zero attached hydrogens (tertiary/aromatic N) is 2. The van der Waals surface area contributed by atoms with Crippen molar-refractivity contribution in [2.45, 2.75) is 127 Å². The molecule has 4 bridgehead atoms. The molecule has 15 heteroatoms. The van der Waals surface area contributed by atoms with Gasteiger partial charge in [-0.05, 0) is 90.9 Å². The summed E-state index contributed by atoms with van der Waals surface area (Å²) in [5, 5.41) is 21.5. The van der Waals surface area contributed by atoms with E-state index in [2.05, 4.69) is 10.1 Å². The van der Waals surface area contributed by atoms with Crippen LogP contribution in [0.5, 0.6) is 0 Å². The average Bonchev–Trinajstić information content (AvgIpc) is 3.42. The van der Waals surface area contributed by atoms with E-state index in [1.807, 2.05) is 13.0 Å². The van der Waals surface area contributed by atoms with E-state index in [-0.39, 0.29) is 54.5 Å². The van der Waals surface area contributed by atoms with Crippen LogP contribution in [0, 0.1) is 22.2 Å². The van der Waals surface area contributed by atoms with Crippen LogP contribution in [0.15, 0.2) is 0 Å². The van der Waals surface area contributed by atoms with Gasteiger partial charge < -0.3 is 30.5 Å². The van der Waals surface area contributed by atoms with E-state index in [9.17, 15) is 36.7 Å². The summed E-state index contributed by atoms with van der Waals surface area (Å²) in [6.45, 7) is 3.42. The molecular weight excluding hydrogens is 616 g/mol. The summed E-state index contributed by atoms with van der Waals surface area (Å²) in [5.41, 5.74) is 5.18. The van der Waals surface area contributed by atoms with Gasteiger partial charge in [0.05, 0.1) is 43.2 Å². The van der Waals surface area contributed by atoms with Gasteiger partial charge in [0.25, 0.3) is 0 Å². The zero-order chi connectivity index (χ0) is 34.4. The van der Waals surface area contributed by atoms with Gasteiger partial charge in [0.2, 0.25) is 5.91 Å². The van der Waals surface area contributed by atoms with E-state index in [0.29, 0.717) is 6.61 Å². The second-order valence-corrected chi connectivity index (χ2v) is 13.3. The highest BCUT2D eigenvalue weighted by Gasteiger charge is 2.53. The third-order valence-electron chi connectivity index (χ3n) is 10.6. The number of carboxylic acid groups (broad SMARTS) is 1. The first kappa shape index (κ1) is 37.5. The molecule has 260 valence electrons. The summed E-state index contributed by atoms with van der Waals surface area (Å²) >= 11 is 0. The minimum Gasteiger partial charge on any atom is -0.481 e. The van der Waals surface area contributed by atoms with Crippen molar-refractivity contribution in [2.75, 3.05) is 26.3 Å². The van der Waals surface area contributed by atoms with Crippen LogP contribution < -0.4 is 11.1 Å². The Balaban J connectivity index is 0.000000226. The van der Waals surface area contributed by atoms with E-state index < -0.39 is 35.7 Å². The number of likely N-dealkylation sites (tertiary alicyclic amines) is 1. The predicted molar refractivity (Wildman–Crippen MR) is 156 cm³/mol. The molecule has 1 saturated heterocycles. The third-order valence-corrected chi connectivity index (χ3v) is 10.6. The number of alkyl halides is 4. The fourth-order valence-electron chi connectivity index (χ4n) is 7.34. The molecule has 2 atom stereocenters. The molecule has 0 aromatic rings. The van der Waals surface area contributed by atoms with Gasteiger partial charge in [0, 0.05) is 17.5 Å².